The number of nitrogen functional groups attached to an aromatic ring is 1. The number of hydrogen-bond donors (Lipinski definition) is 2. The number of thiophene rings is 1. The summed E-state index contributed by atoms with van der Waals surface area (Å²) in [5.41, 5.74) is 6.43. The van der Waals surface area contributed by atoms with Gasteiger partial charge in [-0.05, 0) is 86.5 Å². The number of likely N-dealkylation sites (N-methyl/N-ethyl adjacent to an activating group) is 1. The van der Waals surface area contributed by atoms with Crippen molar-refractivity contribution in [1.82, 2.24) is 20.2 Å². The van der Waals surface area contributed by atoms with Crippen molar-refractivity contribution in [1.29, 1.82) is 5.26 Å². The van der Waals surface area contributed by atoms with E-state index in [1.165, 1.54) is 12.1 Å². The number of aromatic nitrogens is 2. The standard InChI is InChI=1S/C32H33F3IN7OS/c1-3-43(23-7-9-39-16(23)2)30-19-11-22(36)25(18-5-6-21(34)28-24(18)20(13-37)29(38)45-28)26(35)27(19)40-31(41-30)44-15-32-8-4-10-42(32)14-17(33)12-32/h5-6,11,16-17,23,39H,3-4,7-10,12,14-15,38H2,1-2H3/t16-,17-,23-,32+/m1/s1. The highest BCUT2D eigenvalue weighted by Gasteiger charge is 2.49. The summed E-state index contributed by atoms with van der Waals surface area (Å²) in [5, 5.41) is 14.4. The monoisotopic (exact) mass is 747 g/mol. The number of hydrogen-bond acceptors (Lipinski definition) is 9. The maximum atomic E-state index is 17.0. The summed E-state index contributed by atoms with van der Waals surface area (Å²) in [7, 11) is 0. The van der Waals surface area contributed by atoms with Crippen molar-refractivity contribution in [2.24, 2.45) is 0 Å². The number of nitriles is 1. The molecule has 0 spiro atoms. The van der Waals surface area contributed by atoms with E-state index in [2.05, 4.69) is 55.7 Å². The number of anilines is 2. The number of halogens is 4. The second-order valence-corrected chi connectivity index (χ2v) is 14.5. The second-order valence-electron chi connectivity index (χ2n) is 12.3. The summed E-state index contributed by atoms with van der Waals surface area (Å²) in [5.74, 6) is -0.575. The first-order chi connectivity index (χ1) is 21.7. The average molecular weight is 748 g/mol. The van der Waals surface area contributed by atoms with Crippen LogP contribution in [0.2, 0.25) is 0 Å². The van der Waals surface area contributed by atoms with Crippen molar-refractivity contribution in [3.63, 3.8) is 0 Å². The highest BCUT2D eigenvalue weighted by atomic mass is 127. The molecule has 2 aromatic heterocycles. The lowest BCUT2D eigenvalue weighted by molar-refractivity contribution is 0.107. The molecule has 8 nitrogen and oxygen atoms in total. The third kappa shape index (κ3) is 4.99. The lowest BCUT2D eigenvalue weighted by Crippen LogP contribution is -2.44. The van der Waals surface area contributed by atoms with E-state index in [0.717, 1.165) is 43.7 Å². The Bertz CT molecular complexity index is 1860. The Balaban J connectivity index is 1.41. The van der Waals surface area contributed by atoms with Crippen molar-refractivity contribution in [2.45, 2.75) is 63.3 Å². The van der Waals surface area contributed by atoms with Crippen LogP contribution in [0.5, 0.6) is 6.01 Å². The van der Waals surface area contributed by atoms with Gasteiger partial charge >= 0.3 is 6.01 Å². The van der Waals surface area contributed by atoms with Gasteiger partial charge in [-0.1, -0.05) is 6.07 Å². The molecule has 45 heavy (non-hydrogen) atoms. The Hall–Kier alpha value is -2.93. The smallest absolute Gasteiger partial charge is 0.319 e. The Morgan fingerprint density at radius 3 is 2.89 bits per heavy atom. The number of nitrogens with zero attached hydrogens (tertiary/aromatic N) is 5. The SMILES string of the molecule is CCN(c1nc(OC[C@@]23CCCN2C[C@H](F)C3)nc2c(F)c(-c3ccc(F)c4sc(N)c(C#N)c34)c(I)cc12)[C@@H]1CCN[C@@H]1C. The number of nitrogens with one attached hydrogen (secondary N) is 1. The molecule has 4 aromatic rings. The van der Waals surface area contributed by atoms with Crippen LogP contribution >= 0.6 is 33.9 Å². The van der Waals surface area contributed by atoms with E-state index in [9.17, 15) is 14.0 Å². The highest BCUT2D eigenvalue weighted by molar-refractivity contribution is 14.1. The number of rotatable bonds is 7. The molecule has 0 radical (unpaired) electrons. The van der Waals surface area contributed by atoms with Crippen LogP contribution in [0.15, 0.2) is 18.2 Å². The first-order valence-electron chi connectivity index (χ1n) is 15.3. The van der Waals surface area contributed by atoms with Crippen LogP contribution in [0.4, 0.5) is 24.0 Å². The molecule has 3 fully saturated rings. The van der Waals surface area contributed by atoms with Crippen molar-refractivity contribution in [3.05, 3.63) is 39.0 Å². The molecule has 4 atom stereocenters. The minimum Gasteiger partial charge on any atom is -0.461 e. The number of benzene rings is 2. The van der Waals surface area contributed by atoms with Gasteiger partial charge in [0, 0.05) is 51.5 Å². The predicted octanol–water partition coefficient (Wildman–Crippen LogP) is 6.38. The van der Waals surface area contributed by atoms with Gasteiger partial charge in [0.2, 0.25) is 0 Å². The molecule has 3 saturated heterocycles. The van der Waals surface area contributed by atoms with Crippen LogP contribution in [-0.4, -0.2) is 71.4 Å². The maximum Gasteiger partial charge on any atom is 0.319 e. The molecule has 2 aromatic carbocycles. The van der Waals surface area contributed by atoms with Crippen molar-refractivity contribution in [2.75, 3.05) is 43.4 Å². The van der Waals surface area contributed by atoms with E-state index >= 15 is 4.39 Å². The molecule has 0 aliphatic carbocycles. The molecule has 0 bridgehead atoms. The molecule has 3 aliphatic heterocycles. The molecule has 0 unspecified atom stereocenters. The van der Waals surface area contributed by atoms with E-state index in [4.69, 9.17) is 15.5 Å². The van der Waals surface area contributed by atoms with E-state index in [0.29, 0.717) is 39.8 Å². The van der Waals surface area contributed by atoms with E-state index in [-0.39, 0.29) is 56.4 Å². The fourth-order valence-corrected chi connectivity index (χ4v) is 9.45. The average Bonchev–Trinajstić information content (AvgIpc) is 3.76. The van der Waals surface area contributed by atoms with E-state index in [1.54, 1.807) is 0 Å². The van der Waals surface area contributed by atoms with Crippen LogP contribution in [-0.2, 0) is 0 Å². The van der Waals surface area contributed by atoms with Crippen LogP contribution in [0.1, 0.15) is 45.1 Å². The summed E-state index contributed by atoms with van der Waals surface area (Å²) < 4.78 is 53.5. The first kappa shape index (κ1) is 30.7. The van der Waals surface area contributed by atoms with Gasteiger partial charge in [-0.3, -0.25) is 4.90 Å². The topological polar surface area (TPSA) is 103 Å². The van der Waals surface area contributed by atoms with Crippen molar-refractivity contribution in [3.8, 4) is 23.2 Å². The fourth-order valence-electron chi connectivity index (χ4n) is 7.66. The second kappa shape index (κ2) is 11.7. The minimum atomic E-state index is -0.909. The molecule has 13 heteroatoms. The summed E-state index contributed by atoms with van der Waals surface area (Å²) in [6.45, 7) is 7.09. The normalized spacial score (nSPS) is 24.9. The lowest BCUT2D eigenvalue weighted by Gasteiger charge is -2.33. The molecule has 236 valence electrons. The molecule has 3 N–H and O–H groups in total. The highest BCUT2D eigenvalue weighted by Crippen LogP contribution is 2.45. The summed E-state index contributed by atoms with van der Waals surface area (Å²) in [6, 6.07) is 7.03. The predicted molar refractivity (Wildman–Crippen MR) is 180 cm³/mol. The Kier molecular flexibility index (Phi) is 7.99. The third-order valence-electron chi connectivity index (χ3n) is 9.77. The van der Waals surface area contributed by atoms with Gasteiger partial charge in [0.1, 0.15) is 41.0 Å². The van der Waals surface area contributed by atoms with Gasteiger partial charge in [0.15, 0.2) is 5.82 Å². The van der Waals surface area contributed by atoms with E-state index < -0.39 is 23.3 Å². The van der Waals surface area contributed by atoms with Gasteiger partial charge in [0.25, 0.3) is 0 Å². The zero-order valence-electron chi connectivity index (χ0n) is 25.0. The van der Waals surface area contributed by atoms with Gasteiger partial charge in [0.05, 0.1) is 15.8 Å². The Labute approximate surface area is 276 Å². The van der Waals surface area contributed by atoms with Gasteiger partial charge in [-0.2, -0.15) is 15.2 Å². The van der Waals surface area contributed by atoms with Crippen LogP contribution in [0.3, 0.4) is 0 Å². The van der Waals surface area contributed by atoms with Crippen molar-refractivity contribution < 1.29 is 17.9 Å². The maximum absolute atomic E-state index is 17.0. The Morgan fingerprint density at radius 1 is 1.33 bits per heavy atom. The molecule has 0 amide bonds. The number of alkyl halides is 1. The summed E-state index contributed by atoms with van der Waals surface area (Å²) in [4.78, 5) is 13.9. The van der Waals surface area contributed by atoms with Gasteiger partial charge < -0.3 is 20.7 Å². The number of fused-ring (bicyclic) bond motifs is 3. The summed E-state index contributed by atoms with van der Waals surface area (Å²) in [6.07, 6.45) is 2.17. The zero-order chi connectivity index (χ0) is 31.6. The summed E-state index contributed by atoms with van der Waals surface area (Å²) >= 11 is 3.05. The lowest BCUT2D eigenvalue weighted by atomic mass is 9.95. The molecule has 0 saturated carbocycles. The minimum absolute atomic E-state index is 0.0332. The largest absolute Gasteiger partial charge is 0.461 e. The van der Waals surface area contributed by atoms with Crippen LogP contribution in [0.25, 0.3) is 32.1 Å². The zero-order valence-corrected chi connectivity index (χ0v) is 27.9. The van der Waals surface area contributed by atoms with Gasteiger partial charge in [-0.25, -0.2) is 13.2 Å². The number of nitrogens with two attached hydrogens (primary N) is 1. The van der Waals surface area contributed by atoms with Crippen LogP contribution in [0, 0.1) is 26.5 Å². The molecule has 3 aliphatic rings. The molecular weight excluding hydrogens is 714 g/mol. The quantitative estimate of drug-likeness (QED) is 0.210. The number of ether oxygens (including phenoxy) is 1. The van der Waals surface area contributed by atoms with E-state index in [1.807, 2.05) is 13.0 Å². The first-order valence-corrected chi connectivity index (χ1v) is 17.2. The molecule has 5 heterocycles. The van der Waals surface area contributed by atoms with Crippen molar-refractivity contribution >= 4 is 65.7 Å². The molecular formula is C32H33F3IN7OS. The Morgan fingerprint density at radius 2 is 2.16 bits per heavy atom. The molecule has 7 rings (SSSR count). The van der Waals surface area contributed by atoms with Gasteiger partial charge in [-0.15, -0.1) is 11.3 Å². The third-order valence-corrected chi connectivity index (χ3v) is 11.6. The fraction of sp³-hybridized carbons (Fsp3) is 0.469. The van der Waals surface area contributed by atoms with Crippen LogP contribution < -0.4 is 20.7 Å².